The minimum atomic E-state index is -0.556. The number of carbonyl (C=O) groups excluding carboxylic acids is 1. The van der Waals surface area contributed by atoms with E-state index < -0.39 is 11.7 Å². The molecule has 1 aromatic carbocycles. The summed E-state index contributed by atoms with van der Waals surface area (Å²) < 4.78 is 23.3. The van der Waals surface area contributed by atoms with Crippen molar-refractivity contribution in [2.75, 3.05) is 6.61 Å². The van der Waals surface area contributed by atoms with Crippen LogP contribution in [-0.2, 0) is 11.3 Å². The van der Waals surface area contributed by atoms with Gasteiger partial charge >= 0.3 is 0 Å². The number of rotatable bonds is 6. The third-order valence-corrected chi connectivity index (χ3v) is 3.39. The summed E-state index contributed by atoms with van der Waals surface area (Å²) in [5, 5.41) is 6.33. The summed E-state index contributed by atoms with van der Waals surface area (Å²) in [7, 11) is 0. The summed E-state index contributed by atoms with van der Waals surface area (Å²) >= 11 is 5.64. The molecule has 0 atom stereocenters. The normalized spacial score (nSPS) is 10.5. The van der Waals surface area contributed by atoms with E-state index in [1.165, 1.54) is 12.1 Å². The van der Waals surface area contributed by atoms with Crippen LogP contribution in [0.3, 0.4) is 0 Å². The van der Waals surface area contributed by atoms with Gasteiger partial charge in [0.25, 0.3) is 5.91 Å². The number of nitrogens with one attached hydrogen (secondary N) is 1. The number of hydrogen-bond donors (Lipinski definition) is 1. The molecule has 0 fully saturated rings. The average Bonchev–Trinajstić information content (AvgIpc) is 3.11. The smallest absolute Gasteiger partial charge is 0.258 e. The van der Waals surface area contributed by atoms with Gasteiger partial charge in [0.05, 0.1) is 11.6 Å². The third-order valence-electron chi connectivity index (χ3n) is 3.10. The second kappa shape index (κ2) is 7.71. The number of carbonyl (C=O) groups is 1. The van der Waals surface area contributed by atoms with Crippen LogP contribution in [0.25, 0.3) is 11.4 Å². The van der Waals surface area contributed by atoms with E-state index >= 15 is 0 Å². The topological polar surface area (TPSA) is 90.1 Å². The maximum atomic E-state index is 13.0. The van der Waals surface area contributed by atoms with Gasteiger partial charge < -0.3 is 14.6 Å². The van der Waals surface area contributed by atoms with Gasteiger partial charge in [-0.1, -0.05) is 16.8 Å². The second-order valence-electron chi connectivity index (χ2n) is 4.89. The van der Waals surface area contributed by atoms with Crippen molar-refractivity contribution >= 4 is 17.5 Å². The highest BCUT2D eigenvalue weighted by atomic mass is 35.5. The summed E-state index contributed by atoms with van der Waals surface area (Å²) in [4.78, 5) is 19.9. The SMILES string of the molecule is O=C(COc1ccc(F)c(Cl)c1)NCc1nc(-c2ccncc2)no1. The fourth-order valence-corrected chi connectivity index (χ4v) is 2.06. The fourth-order valence-electron chi connectivity index (χ4n) is 1.89. The molecule has 2 aromatic heterocycles. The van der Waals surface area contributed by atoms with E-state index in [2.05, 4.69) is 20.4 Å². The Morgan fingerprint density at radius 3 is 2.84 bits per heavy atom. The Morgan fingerprint density at radius 1 is 1.28 bits per heavy atom. The Bertz CT molecular complexity index is 873. The van der Waals surface area contributed by atoms with Crippen molar-refractivity contribution < 1.29 is 18.4 Å². The van der Waals surface area contributed by atoms with Crippen LogP contribution in [0.1, 0.15) is 5.89 Å². The summed E-state index contributed by atoms with van der Waals surface area (Å²) in [6, 6.07) is 7.33. The van der Waals surface area contributed by atoms with Crippen molar-refractivity contribution in [1.29, 1.82) is 0 Å². The van der Waals surface area contributed by atoms with Gasteiger partial charge in [-0.05, 0) is 24.3 Å². The molecule has 3 aromatic rings. The van der Waals surface area contributed by atoms with Gasteiger partial charge in [-0.3, -0.25) is 9.78 Å². The number of nitrogens with zero attached hydrogens (tertiary/aromatic N) is 3. The maximum Gasteiger partial charge on any atom is 0.258 e. The van der Waals surface area contributed by atoms with Crippen LogP contribution in [0.15, 0.2) is 47.2 Å². The Labute approximate surface area is 146 Å². The van der Waals surface area contributed by atoms with E-state index in [9.17, 15) is 9.18 Å². The molecular weight excluding hydrogens is 351 g/mol. The molecule has 0 radical (unpaired) electrons. The lowest BCUT2D eigenvalue weighted by Gasteiger charge is -2.06. The zero-order chi connectivity index (χ0) is 17.6. The van der Waals surface area contributed by atoms with Gasteiger partial charge in [0.15, 0.2) is 6.61 Å². The van der Waals surface area contributed by atoms with Gasteiger partial charge in [-0.2, -0.15) is 4.98 Å². The number of halogens is 2. The van der Waals surface area contributed by atoms with Crippen LogP contribution < -0.4 is 10.1 Å². The van der Waals surface area contributed by atoms with Gasteiger partial charge in [0.1, 0.15) is 11.6 Å². The number of pyridine rings is 1. The molecule has 7 nitrogen and oxygen atoms in total. The molecule has 25 heavy (non-hydrogen) atoms. The summed E-state index contributed by atoms with van der Waals surface area (Å²) in [6.07, 6.45) is 3.23. The lowest BCUT2D eigenvalue weighted by molar-refractivity contribution is -0.123. The van der Waals surface area contributed by atoms with Gasteiger partial charge in [-0.15, -0.1) is 0 Å². The highest BCUT2D eigenvalue weighted by molar-refractivity contribution is 6.30. The maximum absolute atomic E-state index is 13.0. The zero-order valence-electron chi connectivity index (χ0n) is 12.8. The molecule has 128 valence electrons. The van der Waals surface area contributed by atoms with Crippen molar-refractivity contribution in [1.82, 2.24) is 20.4 Å². The van der Waals surface area contributed by atoms with E-state index in [1.807, 2.05) is 0 Å². The van der Waals surface area contributed by atoms with Crippen LogP contribution in [0, 0.1) is 5.82 Å². The first kappa shape index (κ1) is 16.8. The molecule has 0 saturated heterocycles. The third kappa shape index (κ3) is 4.51. The quantitative estimate of drug-likeness (QED) is 0.725. The molecular formula is C16H12ClFN4O3. The van der Waals surface area contributed by atoms with E-state index in [0.29, 0.717) is 11.6 Å². The molecule has 3 rings (SSSR count). The molecule has 0 aliphatic heterocycles. The number of hydrogen-bond acceptors (Lipinski definition) is 6. The molecule has 0 spiro atoms. The minimum absolute atomic E-state index is 0.0600. The second-order valence-corrected chi connectivity index (χ2v) is 5.30. The summed E-state index contributed by atoms with van der Waals surface area (Å²) in [6.45, 7) is -0.197. The van der Waals surface area contributed by atoms with Crippen LogP contribution >= 0.6 is 11.6 Å². The van der Waals surface area contributed by atoms with Crippen LogP contribution in [0.2, 0.25) is 5.02 Å². The molecule has 0 aliphatic rings. The Hall–Kier alpha value is -3.00. The molecule has 9 heteroatoms. The van der Waals surface area contributed by atoms with Gasteiger partial charge in [0.2, 0.25) is 11.7 Å². The highest BCUT2D eigenvalue weighted by Gasteiger charge is 2.10. The lowest BCUT2D eigenvalue weighted by atomic mass is 10.2. The van der Waals surface area contributed by atoms with Crippen molar-refractivity contribution in [2.45, 2.75) is 6.54 Å². The fraction of sp³-hybridized carbons (Fsp3) is 0.125. The summed E-state index contributed by atoms with van der Waals surface area (Å²) in [5.41, 5.74) is 0.757. The first-order chi connectivity index (χ1) is 12.1. The van der Waals surface area contributed by atoms with Crippen molar-refractivity contribution in [3.8, 4) is 17.1 Å². The molecule has 0 aliphatic carbocycles. The largest absolute Gasteiger partial charge is 0.484 e. The molecule has 0 saturated carbocycles. The van der Waals surface area contributed by atoms with E-state index in [-0.39, 0.29) is 24.1 Å². The van der Waals surface area contributed by atoms with E-state index in [1.54, 1.807) is 24.5 Å². The Morgan fingerprint density at radius 2 is 2.08 bits per heavy atom. The van der Waals surface area contributed by atoms with Crippen molar-refractivity contribution in [2.24, 2.45) is 0 Å². The first-order valence-corrected chi connectivity index (χ1v) is 7.57. The van der Waals surface area contributed by atoms with Gasteiger partial charge in [0, 0.05) is 24.0 Å². The van der Waals surface area contributed by atoms with Gasteiger partial charge in [-0.25, -0.2) is 4.39 Å². The monoisotopic (exact) mass is 362 g/mol. The molecule has 0 unspecified atom stereocenters. The van der Waals surface area contributed by atoms with E-state index in [4.69, 9.17) is 20.9 Å². The van der Waals surface area contributed by atoms with Crippen molar-refractivity contribution in [3.05, 3.63) is 59.5 Å². The van der Waals surface area contributed by atoms with E-state index in [0.717, 1.165) is 11.6 Å². The Kier molecular flexibility index (Phi) is 5.20. The summed E-state index contributed by atoms with van der Waals surface area (Å²) in [5.74, 6) is -0.00266. The molecule has 0 bridgehead atoms. The first-order valence-electron chi connectivity index (χ1n) is 7.19. The highest BCUT2D eigenvalue weighted by Crippen LogP contribution is 2.21. The van der Waals surface area contributed by atoms with Crippen LogP contribution in [0.5, 0.6) is 5.75 Å². The number of amides is 1. The Balaban J connectivity index is 1.49. The number of ether oxygens (including phenoxy) is 1. The minimum Gasteiger partial charge on any atom is -0.484 e. The average molecular weight is 363 g/mol. The van der Waals surface area contributed by atoms with Crippen LogP contribution in [0.4, 0.5) is 4.39 Å². The number of aromatic nitrogens is 3. The molecule has 1 amide bonds. The standard InChI is InChI=1S/C16H12ClFN4O3/c17-12-7-11(1-2-13(12)18)24-9-14(23)20-8-15-21-16(22-25-15)10-3-5-19-6-4-10/h1-7H,8-9H2,(H,20,23). The zero-order valence-corrected chi connectivity index (χ0v) is 13.5. The molecule has 2 heterocycles. The van der Waals surface area contributed by atoms with Crippen molar-refractivity contribution in [3.63, 3.8) is 0 Å². The predicted molar refractivity (Wildman–Crippen MR) is 86.3 cm³/mol. The predicted octanol–water partition coefficient (Wildman–Crippen LogP) is 2.62. The lowest BCUT2D eigenvalue weighted by Crippen LogP contribution is -2.28. The number of benzene rings is 1. The van der Waals surface area contributed by atoms with Crippen LogP contribution in [-0.4, -0.2) is 27.6 Å². The molecule has 1 N–H and O–H groups in total.